The molecule has 0 unspecified atom stereocenters. The van der Waals surface area contributed by atoms with Crippen molar-refractivity contribution in [3.8, 4) is 0 Å². The van der Waals surface area contributed by atoms with Crippen LogP contribution in [-0.2, 0) is 6.54 Å². The lowest BCUT2D eigenvalue weighted by molar-refractivity contribution is 0.657. The zero-order valence-corrected chi connectivity index (χ0v) is 11.1. The molecule has 2 heteroatoms. The molecule has 0 fully saturated rings. The number of imidazole rings is 1. The van der Waals surface area contributed by atoms with Crippen LogP contribution in [0.1, 0.15) is 42.5 Å². The van der Waals surface area contributed by atoms with Crippen molar-refractivity contribution in [1.29, 1.82) is 0 Å². The van der Waals surface area contributed by atoms with Gasteiger partial charge in [0.25, 0.3) is 0 Å². The first kappa shape index (κ1) is 11.9. The Morgan fingerprint density at radius 2 is 1.76 bits per heavy atom. The summed E-state index contributed by atoms with van der Waals surface area (Å²) in [5, 5.41) is 0. The molecule has 0 amide bonds. The number of hydrogen-bond donors (Lipinski definition) is 0. The van der Waals surface area contributed by atoms with Gasteiger partial charge in [0.2, 0.25) is 0 Å². The summed E-state index contributed by atoms with van der Waals surface area (Å²) >= 11 is 0. The minimum atomic E-state index is 0.464. The van der Waals surface area contributed by atoms with E-state index >= 15 is 0 Å². The molecule has 0 spiro atoms. The van der Waals surface area contributed by atoms with Crippen molar-refractivity contribution < 1.29 is 0 Å². The first-order valence-electron chi connectivity index (χ1n) is 6.17. The van der Waals surface area contributed by atoms with Crippen molar-refractivity contribution in [3.05, 3.63) is 53.1 Å². The summed E-state index contributed by atoms with van der Waals surface area (Å²) in [5.74, 6) is 1.65. The van der Waals surface area contributed by atoms with E-state index in [0.717, 1.165) is 12.2 Å². The molecule has 0 aliphatic heterocycles. The molecule has 0 aliphatic carbocycles. The standard InChI is InChI=1S/C15H20N2/c1-11(2)15-16-12(3)13(4)17(15)10-14-8-6-5-7-9-14/h5-9,11H,10H2,1-4H3. The highest BCUT2D eigenvalue weighted by molar-refractivity contribution is 5.21. The van der Waals surface area contributed by atoms with Gasteiger partial charge in [0, 0.05) is 18.2 Å². The topological polar surface area (TPSA) is 17.8 Å². The Labute approximate surface area is 103 Å². The first-order valence-corrected chi connectivity index (χ1v) is 6.17. The van der Waals surface area contributed by atoms with Crippen LogP contribution in [0.5, 0.6) is 0 Å². The highest BCUT2D eigenvalue weighted by Crippen LogP contribution is 2.19. The fourth-order valence-corrected chi connectivity index (χ4v) is 2.09. The van der Waals surface area contributed by atoms with E-state index in [1.54, 1.807) is 0 Å². The van der Waals surface area contributed by atoms with E-state index in [1.165, 1.54) is 17.1 Å². The highest BCUT2D eigenvalue weighted by Gasteiger charge is 2.13. The predicted molar refractivity (Wildman–Crippen MR) is 71.3 cm³/mol. The van der Waals surface area contributed by atoms with E-state index < -0.39 is 0 Å². The summed E-state index contributed by atoms with van der Waals surface area (Å²) in [4.78, 5) is 4.67. The molecule has 90 valence electrons. The molecular weight excluding hydrogens is 208 g/mol. The largest absolute Gasteiger partial charge is 0.327 e. The molecule has 17 heavy (non-hydrogen) atoms. The van der Waals surface area contributed by atoms with Gasteiger partial charge < -0.3 is 4.57 Å². The second-order valence-electron chi connectivity index (χ2n) is 4.87. The Morgan fingerprint density at radius 3 is 2.35 bits per heavy atom. The zero-order valence-electron chi connectivity index (χ0n) is 11.1. The maximum Gasteiger partial charge on any atom is 0.112 e. The maximum absolute atomic E-state index is 4.67. The molecule has 0 N–H and O–H groups in total. The third-order valence-corrected chi connectivity index (χ3v) is 3.19. The van der Waals surface area contributed by atoms with E-state index in [9.17, 15) is 0 Å². The summed E-state index contributed by atoms with van der Waals surface area (Å²) in [6.07, 6.45) is 0. The van der Waals surface area contributed by atoms with Crippen LogP contribution >= 0.6 is 0 Å². The number of rotatable bonds is 3. The fourth-order valence-electron chi connectivity index (χ4n) is 2.09. The average Bonchev–Trinajstić information content (AvgIpc) is 2.59. The van der Waals surface area contributed by atoms with Crippen molar-refractivity contribution in [2.75, 3.05) is 0 Å². The molecule has 1 aromatic heterocycles. The van der Waals surface area contributed by atoms with Crippen molar-refractivity contribution >= 4 is 0 Å². The first-order chi connectivity index (χ1) is 8.09. The average molecular weight is 228 g/mol. The van der Waals surface area contributed by atoms with E-state index in [0.29, 0.717) is 5.92 Å². The van der Waals surface area contributed by atoms with E-state index in [-0.39, 0.29) is 0 Å². The minimum Gasteiger partial charge on any atom is -0.327 e. The van der Waals surface area contributed by atoms with E-state index in [1.807, 2.05) is 0 Å². The lowest BCUT2D eigenvalue weighted by Crippen LogP contribution is -2.08. The summed E-state index contributed by atoms with van der Waals surface area (Å²) in [6.45, 7) is 9.55. The predicted octanol–water partition coefficient (Wildman–Crippen LogP) is 3.67. The maximum atomic E-state index is 4.67. The number of nitrogens with zero attached hydrogens (tertiary/aromatic N) is 2. The van der Waals surface area contributed by atoms with Gasteiger partial charge in [-0.25, -0.2) is 4.98 Å². The third-order valence-electron chi connectivity index (χ3n) is 3.19. The molecule has 0 bridgehead atoms. The van der Waals surface area contributed by atoms with E-state index in [4.69, 9.17) is 0 Å². The quantitative estimate of drug-likeness (QED) is 0.783. The fraction of sp³-hybridized carbons (Fsp3) is 0.400. The summed E-state index contributed by atoms with van der Waals surface area (Å²) in [7, 11) is 0. The van der Waals surface area contributed by atoms with Gasteiger partial charge in [-0.15, -0.1) is 0 Å². The molecule has 0 radical (unpaired) electrons. The molecule has 2 aromatic rings. The number of benzene rings is 1. The summed E-state index contributed by atoms with van der Waals surface area (Å²) < 4.78 is 2.33. The van der Waals surface area contributed by atoms with Crippen molar-refractivity contribution in [2.24, 2.45) is 0 Å². The number of hydrogen-bond acceptors (Lipinski definition) is 1. The van der Waals surface area contributed by atoms with Crippen LogP contribution < -0.4 is 0 Å². The normalized spacial score (nSPS) is 11.1. The van der Waals surface area contributed by atoms with Gasteiger partial charge >= 0.3 is 0 Å². The monoisotopic (exact) mass is 228 g/mol. The molecule has 2 nitrogen and oxygen atoms in total. The smallest absolute Gasteiger partial charge is 0.112 e. The second-order valence-corrected chi connectivity index (χ2v) is 4.87. The molecule has 0 saturated carbocycles. The van der Waals surface area contributed by atoms with Crippen molar-refractivity contribution in [2.45, 2.75) is 40.2 Å². The minimum absolute atomic E-state index is 0.464. The zero-order chi connectivity index (χ0) is 12.4. The van der Waals surface area contributed by atoms with Crippen molar-refractivity contribution in [3.63, 3.8) is 0 Å². The van der Waals surface area contributed by atoms with Crippen molar-refractivity contribution in [1.82, 2.24) is 9.55 Å². The number of aryl methyl sites for hydroxylation is 1. The Balaban J connectivity index is 2.38. The molecule has 0 aliphatic rings. The van der Waals surface area contributed by atoms with Gasteiger partial charge in [0.15, 0.2) is 0 Å². The third kappa shape index (κ3) is 2.41. The van der Waals surface area contributed by atoms with Gasteiger partial charge in [-0.05, 0) is 19.4 Å². The Kier molecular flexibility index (Phi) is 3.32. The van der Waals surface area contributed by atoms with Gasteiger partial charge in [0.05, 0.1) is 5.69 Å². The van der Waals surface area contributed by atoms with Crippen LogP contribution in [-0.4, -0.2) is 9.55 Å². The van der Waals surface area contributed by atoms with E-state index in [2.05, 4.69) is 67.6 Å². The van der Waals surface area contributed by atoms with Crippen LogP contribution in [0.2, 0.25) is 0 Å². The summed E-state index contributed by atoms with van der Waals surface area (Å²) in [5.41, 5.74) is 3.75. The molecule has 1 heterocycles. The van der Waals surface area contributed by atoms with Crippen LogP contribution in [0.4, 0.5) is 0 Å². The van der Waals surface area contributed by atoms with Gasteiger partial charge in [-0.1, -0.05) is 44.2 Å². The summed E-state index contributed by atoms with van der Waals surface area (Å²) in [6, 6.07) is 10.6. The molecular formula is C15H20N2. The highest BCUT2D eigenvalue weighted by atomic mass is 15.1. The second kappa shape index (κ2) is 4.74. The Bertz CT molecular complexity index is 495. The molecule has 0 saturated heterocycles. The van der Waals surface area contributed by atoms with Crippen LogP contribution in [0.3, 0.4) is 0 Å². The molecule has 0 atom stereocenters. The molecule has 2 rings (SSSR count). The van der Waals surface area contributed by atoms with Gasteiger partial charge in [-0.2, -0.15) is 0 Å². The lowest BCUT2D eigenvalue weighted by atomic mass is 10.2. The van der Waals surface area contributed by atoms with Crippen LogP contribution in [0.25, 0.3) is 0 Å². The van der Waals surface area contributed by atoms with Gasteiger partial charge in [0.1, 0.15) is 5.82 Å². The molecule has 1 aromatic carbocycles. The van der Waals surface area contributed by atoms with Gasteiger partial charge in [-0.3, -0.25) is 0 Å². The van der Waals surface area contributed by atoms with Crippen LogP contribution in [0.15, 0.2) is 30.3 Å². The number of aromatic nitrogens is 2. The van der Waals surface area contributed by atoms with Crippen LogP contribution in [0, 0.1) is 13.8 Å². The SMILES string of the molecule is Cc1nc(C(C)C)n(Cc2ccccc2)c1C. The Hall–Kier alpha value is -1.57. The lowest BCUT2D eigenvalue weighted by Gasteiger charge is -2.12. The Morgan fingerprint density at radius 1 is 1.12 bits per heavy atom.